The monoisotopic (exact) mass is 250 g/mol. The van der Waals surface area contributed by atoms with Crippen molar-refractivity contribution in [2.75, 3.05) is 25.0 Å². The van der Waals surface area contributed by atoms with Gasteiger partial charge in [0.05, 0.1) is 6.54 Å². The number of rotatable bonds is 4. The van der Waals surface area contributed by atoms with Crippen molar-refractivity contribution in [2.24, 2.45) is 0 Å². The zero-order valence-corrected chi connectivity index (χ0v) is 10.5. The normalized spacial score (nSPS) is 14.8. The van der Waals surface area contributed by atoms with E-state index in [2.05, 4.69) is 15.3 Å². The highest BCUT2D eigenvalue weighted by molar-refractivity contribution is 5.80. The summed E-state index contributed by atoms with van der Waals surface area (Å²) in [6.45, 7) is 3.78. The molecule has 98 valence electrons. The van der Waals surface area contributed by atoms with E-state index in [0.29, 0.717) is 18.1 Å². The van der Waals surface area contributed by atoms with Gasteiger partial charge in [-0.25, -0.2) is 4.98 Å². The van der Waals surface area contributed by atoms with Gasteiger partial charge < -0.3 is 15.2 Å². The number of carbonyl (C=O) groups is 1. The minimum absolute atomic E-state index is 0.0626. The van der Waals surface area contributed by atoms with E-state index in [1.54, 1.807) is 0 Å². The largest absolute Gasteiger partial charge is 0.361 e. The molecule has 0 atom stereocenters. The Morgan fingerprint density at radius 3 is 2.89 bits per heavy atom. The molecular weight excluding hydrogens is 232 g/mol. The molecule has 2 rings (SSSR count). The van der Waals surface area contributed by atoms with Gasteiger partial charge in [-0.3, -0.25) is 9.59 Å². The van der Waals surface area contributed by atoms with E-state index in [0.717, 1.165) is 25.9 Å². The van der Waals surface area contributed by atoms with E-state index in [4.69, 9.17) is 0 Å². The second-order valence-corrected chi connectivity index (χ2v) is 4.37. The van der Waals surface area contributed by atoms with Crippen molar-refractivity contribution < 1.29 is 4.79 Å². The van der Waals surface area contributed by atoms with Gasteiger partial charge in [0, 0.05) is 25.6 Å². The molecule has 1 fully saturated rings. The third-order valence-electron chi connectivity index (χ3n) is 3.01. The summed E-state index contributed by atoms with van der Waals surface area (Å²) >= 11 is 0. The zero-order chi connectivity index (χ0) is 13.0. The molecule has 0 spiro atoms. The molecule has 0 saturated carbocycles. The number of hydrogen-bond donors (Lipinski definition) is 2. The van der Waals surface area contributed by atoms with Crippen LogP contribution in [0.15, 0.2) is 10.9 Å². The molecule has 0 aromatic carbocycles. The van der Waals surface area contributed by atoms with Gasteiger partial charge in [-0.2, -0.15) is 0 Å². The topological polar surface area (TPSA) is 78.1 Å². The highest BCUT2D eigenvalue weighted by Gasteiger charge is 2.17. The molecule has 18 heavy (non-hydrogen) atoms. The molecule has 2 heterocycles. The van der Waals surface area contributed by atoms with E-state index < -0.39 is 0 Å². The molecule has 2 N–H and O–H groups in total. The minimum Gasteiger partial charge on any atom is -0.361 e. The lowest BCUT2D eigenvalue weighted by Crippen LogP contribution is -2.33. The quantitative estimate of drug-likeness (QED) is 0.809. The fourth-order valence-electron chi connectivity index (χ4n) is 2.01. The van der Waals surface area contributed by atoms with Gasteiger partial charge in [-0.15, -0.1) is 0 Å². The number of likely N-dealkylation sites (tertiary alicyclic amines) is 1. The maximum Gasteiger partial charge on any atom is 0.252 e. The van der Waals surface area contributed by atoms with Crippen LogP contribution in [0.2, 0.25) is 0 Å². The van der Waals surface area contributed by atoms with Crippen LogP contribution in [-0.2, 0) is 11.2 Å². The number of nitrogens with zero attached hydrogens (tertiary/aromatic N) is 2. The molecular formula is C12H18N4O2. The number of aromatic amines is 1. The zero-order valence-electron chi connectivity index (χ0n) is 10.5. The number of aromatic nitrogens is 2. The van der Waals surface area contributed by atoms with Gasteiger partial charge in [0.2, 0.25) is 5.91 Å². The molecule has 1 aliphatic rings. The van der Waals surface area contributed by atoms with Crippen molar-refractivity contribution in [1.29, 1.82) is 0 Å². The predicted octanol–water partition coefficient (Wildman–Crippen LogP) is 0.367. The second-order valence-electron chi connectivity index (χ2n) is 4.37. The van der Waals surface area contributed by atoms with E-state index in [9.17, 15) is 9.59 Å². The lowest BCUT2D eigenvalue weighted by molar-refractivity contribution is -0.128. The molecule has 0 bridgehead atoms. The maximum atomic E-state index is 11.8. The molecule has 1 aromatic rings. The summed E-state index contributed by atoms with van der Waals surface area (Å²) in [5.74, 6) is 1.15. The average molecular weight is 250 g/mol. The standard InChI is InChI=1S/C12H18N4O2/c1-2-9-14-10(7-11(17)15-9)13-8-12(18)16-5-3-4-6-16/h7H,2-6,8H2,1H3,(H2,13,14,15,17). The van der Waals surface area contributed by atoms with Gasteiger partial charge in [0.15, 0.2) is 0 Å². The van der Waals surface area contributed by atoms with Gasteiger partial charge in [0.1, 0.15) is 11.6 Å². The Morgan fingerprint density at radius 1 is 1.50 bits per heavy atom. The Balaban J connectivity index is 1.95. The lowest BCUT2D eigenvalue weighted by Gasteiger charge is -2.15. The van der Waals surface area contributed by atoms with E-state index >= 15 is 0 Å². The summed E-state index contributed by atoms with van der Waals surface area (Å²) in [7, 11) is 0. The first-order valence-electron chi connectivity index (χ1n) is 6.31. The molecule has 1 saturated heterocycles. The fraction of sp³-hybridized carbons (Fsp3) is 0.583. The van der Waals surface area contributed by atoms with Crippen LogP contribution in [0.25, 0.3) is 0 Å². The molecule has 1 aromatic heterocycles. The third kappa shape index (κ3) is 3.09. The molecule has 0 unspecified atom stereocenters. The summed E-state index contributed by atoms with van der Waals surface area (Å²) in [6.07, 6.45) is 2.81. The summed E-state index contributed by atoms with van der Waals surface area (Å²) < 4.78 is 0. The van der Waals surface area contributed by atoms with Gasteiger partial charge in [-0.1, -0.05) is 6.92 Å². The molecule has 0 aliphatic carbocycles. The van der Waals surface area contributed by atoms with Crippen LogP contribution in [0.1, 0.15) is 25.6 Å². The van der Waals surface area contributed by atoms with E-state index in [1.165, 1.54) is 6.07 Å². The minimum atomic E-state index is -0.196. The SMILES string of the molecule is CCc1nc(NCC(=O)N2CCCC2)cc(=O)[nH]1. The predicted molar refractivity (Wildman–Crippen MR) is 68.5 cm³/mol. The molecule has 0 radical (unpaired) electrons. The number of anilines is 1. The molecule has 6 nitrogen and oxygen atoms in total. The first kappa shape index (κ1) is 12.6. The van der Waals surface area contributed by atoms with Crippen LogP contribution < -0.4 is 10.9 Å². The first-order valence-corrected chi connectivity index (χ1v) is 6.31. The van der Waals surface area contributed by atoms with Gasteiger partial charge >= 0.3 is 0 Å². The lowest BCUT2D eigenvalue weighted by atomic mass is 10.4. The van der Waals surface area contributed by atoms with Gasteiger partial charge in [-0.05, 0) is 12.8 Å². The molecule has 6 heteroatoms. The maximum absolute atomic E-state index is 11.8. The van der Waals surface area contributed by atoms with Crippen molar-refractivity contribution >= 4 is 11.7 Å². The second kappa shape index (κ2) is 5.66. The van der Waals surface area contributed by atoms with E-state index in [1.807, 2.05) is 11.8 Å². The first-order chi connectivity index (χ1) is 8.69. The van der Waals surface area contributed by atoms with Crippen molar-refractivity contribution in [3.05, 3.63) is 22.2 Å². The van der Waals surface area contributed by atoms with Crippen molar-refractivity contribution in [3.8, 4) is 0 Å². The highest BCUT2D eigenvalue weighted by Crippen LogP contribution is 2.07. The van der Waals surface area contributed by atoms with Crippen LogP contribution in [0.4, 0.5) is 5.82 Å². The summed E-state index contributed by atoms with van der Waals surface area (Å²) in [4.78, 5) is 31.8. The van der Waals surface area contributed by atoms with Crippen LogP contribution in [0, 0.1) is 0 Å². The summed E-state index contributed by atoms with van der Waals surface area (Å²) in [5, 5.41) is 2.91. The Morgan fingerprint density at radius 2 is 2.22 bits per heavy atom. The highest BCUT2D eigenvalue weighted by atomic mass is 16.2. The van der Waals surface area contributed by atoms with Crippen LogP contribution >= 0.6 is 0 Å². The Kier molecular flexibility index (Phi) is 3.96. The summed E-state index contributed by atoms with van der Waals surface area (Å²) in [5.41, 5.74) is -0.196. The van der Waals surface area contributed by atoms with Crippen molar-refractivity contribution in [2.45, 2.75) is 26.2 Å². The Bertz CT molecular complexity index is 477. The number of carbonyl (C=O) groups excluding carboxylic acids is 1. The number of hydrogen-bond acceptors (Lipinski definition) is 4. The van der Waals surface area contributed by atoms with Crippen molar-refractivity contribution in [3.63, 3.8) is 0 Å². The number of amides is 1. The van der Waals surface area contributed by atoms with Crippen LogP contribution in [0.5, 0.6) is 0 Å². The van der Waals surface area contributed by atoms with E-state index in [-0.39, 0.29) is 18.0 Å². The summed E-state index contributed by atoms with van der Waals surface area (Å²) in [6, 6.07) is 1.37. The van der Waals surface area contributed by atoms with Crippen LogP contribution in [0.3, 0.4) is 0 Å². The number of nitrogens with one attached hydrogen (secondary N) is 2. The Hall–Kier alpha value is -1.85. The molecule has 1 aliphatic heterocycles. The number of H-pyrrole nitrogens is 1. The fourth-order valence-corrected chi connectivity index (χ4v) is 2.01. The third-order valence-corrected chi connectivity index (χ3v) is 3.01. The van der Waals surface area contributed by atoms with Gasteiger partial charge in [0.25, 0.3) is 5.56 Å². The Labute approximate surface area is 105 Å². The molecule has 1 amide bonds. The smallest absolute Gasteiger partial charge is 0.252 e. The average Bonchev–Trinajstić information content (AvgIpc) is 2.89. The van der Waals surface area contributed by atoms with Crippen LogP contribution in [-0.4, -0.2) is 40.4 Å². The number of aryl methyl sites for hydroxylation is 1. The van der Waals surface area contributed by atoms with Crippen molar-refractivity contribution in [1.82, 2.24) is 14.9 Å².